The van der Waals surface area contributed by atoms with Crippen molar-refractivity contribution in [2.24, 2.45) is 0 Å². The number of nitrogens with zero attached hydrogens (tertiary/aromatic N) is 1. The van der Waals surface area contributed by atoms with Crippen LogP contribution < -0.4 is 0 Å². The van der Waals surface area contributed by atoms with Gasteiger partial charge < -0.3 is 9.47 Å². The molecule has 0 fully saturated rings. The molecule has 0 aromatic carbocycles. The third kappa shape index (κ3) is 3.06. The lowest BCUT2D eigenvalue weighted by Crippen LogP contribution is -2.38. The Morgan fingerprint density at radius 2 is 1.79 bits per heavy atom. The molecule has 0 spiro atoms. The van der Waals surface area contributed by atoms with Gasteiger partial charge in [0, 0.05) is 20.5 Å². The van der Waals surface area contributed by atoms with E-state index >= 15 is 0 Å². The van der Waals surface area contributed by atoms with Crippen molar-refractivity contribution in [3.8, 4) is 6.07 Å². The first-order valence-corrected chi connectivity index (χ1v) is 5.51. The largest absolute Gasteiger partial charge is 0.349 e. The molecule has 0 saturated heterocycles. The number of hydrogen-bond donors (Lipinski definition) is 0. The van der Waals surface area contributed by atoms with E-state index in [1.54, 1.807) is 0 Å². The highest BCUT2D eigenvalue weighted by Gasteiger charge is 2.34. The summed E-state index contributed by atoms with van der Waals surface area (Å²) in [5.41, 5.74) is 0. The molecule has 0 N–H and O–H groups in total. The number of methoxy groups -OCH3 is 2. The van der Waals surface area contributed by atoms with E-state index in [1.165, 1.54) is 20.3 Å². The molecule has 80 valence electrons. The minimum absolute atomic E-state index is 0.807. The van der Waals surface area contributed by atoms with Gasteiger partial charge in [0.05, 0.1) is 6.07 Å². The number of ether oxygens (including phenoxy) is 2. The highest BCUT2D eigenvalue weighted by molar-refractivity contribution is 7.92. The minimum atomic E-state index is -3.75. The van der Waals surface area contributed by atoms with Crippen molar-refractivity contribution in [3.05, 3.63) is 0 Å². The topological polar surface area (TPSA) is 93.5 Å². The van der Waals surface area contributed by atoms with Gasteiger partial charge in [0.2, 0.25) is 17.3 Å². The number of nitriles is 1. The zero-order chi connectivity index (χ0) is 11.4. The van der Waals surface area contributed by atoms with Crippen LogP contribution in [-0.4, -0.2) is 46.2 Å². The molecule has 0 saturated carbocycles. The zero-order valence-electron chi connectivity index (χ0n) is 8.05. The summed E-state index contributed by atoms with van der Waals surface area (Å²) in [5.74, 6) is -0.917. The Morgan fingerprint density at radius 3 is 2.00 bits per heavy atom. The molecule has 0 rings (SSSR count). The zero-order valence-corrected chi connectivity index (χ0v) is 8.87. The molecule has 0 bridgehead atoms. The smallest absolute Gasteiger partial charge is 0.221 e. The van der Waals surface area contributed by atoms with Crippen LogP contribution in [-0.2, 0) is 24.1 Å². The van der Waals surface area contributed by atoms with Crippen molar-refractivity contribution in [1.82, 2.24) is 0 Å². The molecule has 1 unspecified atom stereocenters. The number of carbonyl (C=O) groups excluding carboxylic acids is 1. The molecule has 0 aromatic heterocycles. The van der Waals surface area contributed by atoms with Crippen LogP contribution in [0.4, 0.5) is 0 Å². The average molecular weight is 221 g/mol. The van der Waals surface area contributed by atoms with Crippen molar-refractivity contribution < 1.29 is 22.7 Å². The lowest BCUT2D eigenvalue weighted by Gasteiger charge is -2.13. The monoisotopic (exact) mass is 221 g/mol. The second-order valence-corrected chi connectivity index (χ2v) is 4.67. The summed E-state index contributed by atoms with van der Waals surface area (Å²) >= 11 is 0. The lowest BCUT2D eigenvalue weighted by molar-refractivity contribution is -0.155. The van der Waals surface area contributed by atoms with E-state index in [-0.39, 0.29) is 0 Å². The van der Waals surface area contributed by atoms with Crippen LogP contribution in [0.5, 0.6) is 0 Å². The van der Waals surface area contributed by atoms with Crippen molar-refractivity contribution in [2.75, 3.05) is 20.5 Å². The fourth-order valence-electron chi connectivity index (χ4n) is 0.822. The van der Waals surface area contributed by atoms with E-state index in [9.17, 15) is 13.2 Å². The molecule has 0 heterocycles. The van der Waals surface area contributed by atoms with Gasteiger partial charge in [0.15, 0.2) is 9.84 Å². The average Bonchev–Trinajstić information content (AvgIpc) is 2.05. The predicted molar refractivity (Wildman–Crippen MR) is 47.1 cm³/mol. The van der Waals surface area contributed by atoms with Crippen LogP contribution in [0, 0.1) is 11.3 Å². The summed E-state index contributed by atoms with van der Waals surface area (Å²) in [7, 11) is -1.38. The van der Waals surface area contributed by atoms with Crippen molar-refractivity contribution in [1.29, 1.82) is 5.26 Å². The third-order valence-electron chi connectivity index (χ3n) is 1.46. The van der Waals surface area contributed by atoms with Gasteiger partial charge in [-0.05, 0) is 0 Å². The maximum absolute atomic E-state index is 11.3. The molecule has 0 amide bonds. The van der Waals surface area contributed by atoms with Gasteiger partial charge >= 0.3 is 0 Å². The molecule has 0 aliphatic rings. The third-order valence-corrected chi connectivity index (χ3v) is 2.66. The molecule has 6 nitrogen and oxygen atoms in total. The number of rotatable bonds is 5. The Bertz CT molecular complexity index is 338. The second kappa shape index (κ2) is 5.05. The minimum Gasteiger partial charge on any atom is -0.349 e. The van der Waals surface area contributed by atoms with Gasteiger partial charge in [-0.25, -0.2) is 8.42 Å². The van der Waals surface area contributed by atoms with Gasteiger partial charge in [-0.1, -0.05) is 0 Å². The molecular weight excluding hydrogens is 210 g/mol. The van der Waals surface area contributed by atoms with E-state index in [4.69, 9.17) is 5.26 Å². The highest BCUT2D eigenvalue weighted by atomic mass is 32.2. The Hall–Kier alpha value is -0.970. The van der Waals surface area contributed by atoms with Gasteiger partial charge in [-0.15, -0.1) is 0 Å². The number of Topliss-reactive ketones (excluding diaryl/α,β-unsaturated/α-hetero) is 1. The highest BCUT2D eigenvalue weighted by Crippen LogP contribution is 2.05. The van der Waals surface area contributed by atoms with Crippen LogP contribution in [0.1, 0.15) is 0 Å². The summed E-state index contributed by atoms with van der Waals surface area (Å²) in [6.45, 7) is 0. The first kappa shape index (κ1) is 13.0. The Kier molecular flexibility index (Phi) is 4.70. The number of carbonyl (C=O) groups is 1. The standard InChI is InChI=1S/C7H11NO5S/c1-12-7(13-2)6(9)5(4-8)14(3,10)11/h5,7H,1-3H3. The first-order chi connectivity index (χ1) is 6.38. The van der Waals surface area contributed by atoms with Crippen LogP contribution in [0.25, 0.3) is 0 Å². The van der Waals surface area contributed by atoms with E-state index in [2.05, 4.69) is 9.47 Å². The fraction of sp³-hybridized carbons (Fsp3) is 0.714. The molecule has 1 atom stereocenters. The van der Waals surface area contributed by atoms with E-state index in [0.717, 1.165) is 6.26 Å². The van der Waals surface area contributed by atoms with Gasteiger partial charge in [0.1, 0.15) is 0 Å². The number of ketones is 1. The second-order valence-electron chi connectivity index (χ2n) is 2.54. The van der Waals surface area contributed by atoms with Crippen molar-refractivity contribution in [2.45, 2.75) is 11.5 Å². The summed E-state index contributed by atoms with van der Waals surface area (Å²) in [5, 5.41) is 6.77. The summed E-state index contributed by atoms with van der Waals surface area (Å²) in [6, 6.07) is 1.39. The van der Waals surface area contributed by atoms with Crippen molar-refractivity contribution >= 4 is 15.6 Å². The van der Waals surface area contributed by atoms with Gasteiger partial charge in [-0.3, -0.25) is 4.79 Å². The summed E-state index contributed by atoms with van der Waals surface area (Å²) < 4.78 is 31.1. The van der Waals surface area contributed by atoms with Gasteiger partial charge in [0.25, 0.3) is 0 Å². The molecular formula is C7H11NO5S. The summed E-state index contributed by atoms with van der Waals surface area (Å²) in [6.07, 6.45) is -0.518. The predicted octanol–water partition coefficient (Wildman–Crippen LogP) is -0.889. The van der Waals surface area contributed by atoms with E-state index in [1.807, 2.05) is 0 Å². The number of sulfone groups is 1. The normalized spacial score (nSPS) is 13.6. The molecule has 0 radical (unpaired) electrons. The molecule has 0 aliphatic carbocycles. The van der Waals surface area contributed by atoms with E-state index < -0.39 is 27.2 Å². The Labute approximate surface area is 82.3 Å². The Morgan fingerprint density at radius 1 is 1.36 bits per heavy atom. The van der Waals surface area contributed by atoms with Crippen LogP contribution in [0.15, 0.2) is 0 Å². The molecule has 14 heavy (non-hydrogen) atoms. The molecule has 7 heteroatoms. The van der Waals surface area contributed by atoms with E-state index in [0.29, 0.717) is 0 Å². The van der Waals surface area contributed by atoms with Crippen molar-refractivity contribution in [3.63, 3.8) is 0 Å². The maximum atomic E-state index is 11.3. The number of hydrogen-bond acceptors (Lipinski definition) is 6. The summed E-state index contributed by atoms with van der Waals surface area (Å²) in [4.78, 5) is 11.3. The lowest BCUT2D eigenvalue weighted by atomic mass is 10.3. The first-order valence-electron chi connectivity index (χ1n) is 3.56. The van der Waals surface area contributed by atoms with Gasteiger partial charge in [-0.2, -0.15) is 5.26 Å². The fourth-order valence-corrected chi connectivity index (χ4v) is 1.55. The SMILES string of the molecule is COC(OC)C(=O)C(C#N)S(C)(=O)=O. The maximum Gasteiger partial charge on any atom is 0.221 e. The quantitative estimate of drug-likeness (QED) is 0.559. The molecule has 0 aromatic rings. The van der Waals surface area contributed by atoms with Crippen LogP contribution >= 0.6 is 0 Å². The van der Waals surface area contributed by atoms with Crippen LogP contribution in [0.3, 0.4) is 0 Å². The molecule has 0 aliphatic heterocycles. The Balaban J connectivity index is 4.92. The van der Waals surface area contributed by atoms with Crippen LogP contribution in [0.2, 0.25) is 0 Å².